The van der Waals surface area contributed by atoms with Crippen molar-refractivity contribution in [2.75, 3.05) is 0 Å². The molecule has 0 heterocycles. The molecule has 0 amide bonds. The van der Waals surface area contributed by atoms with Gasteiger partial charge in [0, 0.05) is 4.57 Å². The number of alkyl halides is 1. The van der Waals surface area contributed by atoms with E-state index in [4.69, 9.17) is 4.89 Å². The normalized spacial score (nSPS) is 15.0. The molecule has 0 bridgehead atoms. The average molecular weight is 141 g/mol. The first-order valence-corrected chi connectivity index (χ1v) is 2.72. The van der Waals surface area contributed by atoms with Crippen molar-refractivity contribution in [2.24, 2.45) is 0 Å². The van der Waals surface area contributed by atoms with Gasteiger partial charge in [0.1, 0.15) is 0 Å². The first kappa shape index (κ1) is 7.62. The average Bonchev–Trinajstić information content (AvgIpc) is 1.65. The largest absolute Gasteiger partial charge is 0.698 e. The van der Waals surface area contributed by atoms with Crippen molar-refractivity contribution in [1.82, 2.24) is 0 Å². The maximum Gasteiger partial charge on any atom is 0.698 e. The van der Waals surface area contributed by atoms with Crippen molar-refractivity contribution < 1.29 is 23.2 Å². The van der Waals surface area contributed by atoms with Gasteiger partial charge in [0.05, 0.1) is 0 Å². The molecule has 0 saturated heterocycles. The Kier molecular flexibility index (Phi) is 3.43. The summed E-state index contributed by atoms with van der Waals surface area (Å²) in [5, 5.41) is 0. The summed E-state index contributed by atoms with van der Waals surface area (Å²) in [5.41, 5.74) is 0. The van der Waals surface area contributed by atoms with E-state index in [-0.39, 0.29) is 6.29 Å². The summed E-state index contributed by atoms with van der Waals surface area (Å²) in [6, 6.07) is 0. The van der Waals surface area contributed by atoms with Gasteiger partial charge in [0.25, 0.3) is 0 Å². The van der Waals surface area contributed by atoms with Gasteiger partial charge in [0.2, 0.25) is 0 Å². The Labute approximate surface area is 45.2 Å². The number of halogens is 1. The van der Waals surface area contributed by atoms with Crippen LogP contribution < -0.4 is 0 Å². The number of hydrogen-bond donors (Lipinski definition) is 1. The van der Waals surface area contributed by atoms with Gasteiger partial charge in [-0.1, -0.05) is 4.52 Å². The molecule has 0 aromatic rings. The van der Waals surface area contributed by atoms with Crippen LogP contribution >= 0.6 is 8.25 Å². The van der Waals surface area contributed by atoms with Gasteiger partial charge < -0.3 is 0 Å². The predicted octanol–water partition coefficient (Wildman–Crippen LogP) is 0.147. The first-order chi connectivity index (χ1) is 3.66. The molecule has 1 N–H and O–H groups in total. The van der Waals surface area contributed by atoms with Gasteiger partial charge >= 0.3 is 14.6 Å². The Hall–Kier alpha value is -0.380. The van der Waals surface area contributed by atoms with E-state index in [1.165, 1.54) is 0 Å². The summed E-state index contributed by atoms with van der Waals surface area (Å²) in [6.07, 6.45) is -2.51. The quantitative estimate of drug-likeness (QED) is 0.448. The van der Waals surface area contributed by atoms with Crippen molar-refractivity contribution in [3.63, 3.8) is 0 Å². The lowest BCUT2D eigenvalue weighted by Gasteiger charge is -1.81. The van der Waals surface area contributed by atoms with Crippen molar-refractivity contribution in [1.29, 1.82) is 0 Å². The van der Waals surface area contributed by atoms with E-state index in [0.717, 1.165) is 0 Å². The Balaban J connectivity index is 3.38. The van der Waals surface area contributed by atoms with Gasteiger partial charge in [-0.3, -0.25) is 4.79 Å². The summed E-state index contributed by atoms with van der Waals surface area (Å²) in [4.78, 5) is 17.0. The molecule has 0 aliphatic rings. The summed E-state index contributed by atoms with van der Waals surface area (Å²) < 4.78 is 24.4. The fourth-order valence-corrected chi connectivity index (χ4v) is 0.333. The van der Waals surface area contributed by atoms with Crippen LogP contribution in [0.3, 0.4) is 0 Å². The third-order valence-corrected chi connectivity index (χ3v) is 0.680. The number of carbonyl (C=O) groups excluding carboxylic acids is 1. The molecule has 46 valence electrons. The fourth-order valence-electron chi connectivity index (χ4n) is 0.111. The van der Waals surface area contributed by atoms with Crippen molar-refractivity contribution in [2.45, 2.75) is 6.36 Å². The minimum atomic E-state index is -3.00. The highest BCUT2D eigenvalue weighted by molar-refractivity contribution is 7.32. The van der Waals surface area contributed by atoms with E-state index < -0.39 is 14.6 Å². The smallest absolute Gasteiger partial charge is 0.297 e. The molecular formula is C2H3FO4P+. The summed E-state index contributed by atoms with van der Waals surface area (Å²) in [5.74, 6) is 0. The van der Waals surface area contributed by atoms with Gasteiger partial charge in [-0.05, 0) is 0 Å². The van der Waals surface area contributed by atoms with Gasteiger partial charge in [0.15, 0.2) is 6.29 Å². The Bertz CT molecular complexity index is 104. The summed E-state index contributed by atoms with van der Waals surface area (Å²) >= 11 is 0. The standard InChI is InChI=1S/C2H2FO4P/c3-2(1-4)7-8(5)6/h1-2H/p+1. The van der Waals surface area contributed by atoms with Crippen molar-refractivity contribution in [3.05, 3.63) is 0 Å². The monoisotopic (exact) mass is 141 g/mol. The minimum absolute atomic E-state index is 0.219. The zero-order chi connectivity index (χ0) is 6.57. The third-order valence-electron chi connectivity index (χ3n) is 0.298. The zero-order valence-electron chi connectivity index (χ0n) is 3.65. The van der Waals surface area contributed by atoms with Gasteiger partial charge in [-0.2, -0.15) is 0 Å². The SMILES string of the molecule is O=CC(F)O[P+](=O)O. The van der Waals surface area contributed by atoms with Crippen LogP contribution in [0.2, 0.25) is 0 Å². The number of rotatable bonds is 3. The lowest BCUT2D eigenvalue weighted by Crippen LogP contribution is -2.00. The van der Waals surface area contributed by atoms with Crippen LogP contribution in [0, 0.1) is 0 Å². The highest BCUT2D eigenvalue weighted by atomic mass is 31.1. The molecule has 2 atom stereocenters. The predicted molar refractivity (Wildman–Crippen MR) is 21.9 cm³/mol. The molecule has 0 aromatic carbocycles. The minimum Gasteiger partial charge on any atom is -0.297 e. The van der Waals surface area contributed by atoms with Crippen LogP contribution in [0.25, 0.3) is 0 Å². The number of hydrogen-bond acceptors (Lipinski definition) is 3. The van der Waals surface area contributed by atoms with E-state index in [9.17, 15) is 13.8 Å². The second-order valence-electron chi connectivity index (χ2n) is 0.830. The van der Waals surface area contributed by atoms with Crippen molar-refractivity contribution >= 4 is 14.5 Å². The van der Waals surface area contributed by atoms with Gasteiger partial charge in [-0.25, -0.2) is 4.39 Å². The summed E-state index contributed by atoms with van der Waals surface area (Å²) in [6.45, 7) is 0. The van der Waals surface area contributed by atoms with Crippen molar-refractivity contribution in [3.8, 4) is 0 Å². The molecular weight excluding hydrogens is 138 g/mol. The molecule has 0 saturated carbocycles. The van der Waals surface area contributed by atoms with E-state index in [0.29, 0.717) is 0 Å². The number of carbonyl (C=O) groups is 1. The Morgan fingerprint density at radius 3 is 2.50 bits per heavy atom. The van der Waals surface area contributed by atoms with E-state index in [1.54, 1.807) is 0 Å². The molecule has 4 nitrogen and oxygen atoms in total. The highest BCUT2D eigenvalue weighted by Gasteiger charge is 2.20. The van der Waals surface area contributed by atoms with Crippen LogP contribution in [-0.4, -0.2) is 17.5 Å². The van der Waals surface area contributed by atoms with Crippen LogP contribution in [0.15, 0.2) is 0 Å². The van der Waals surface area contributed by atoms with Crippen LogP contribution in [-0.2, 0) is 13.9 Å². The fraction of sp³-hybridized carbons (Fsp3) is 0.500. The molecule has 0 spiro atoms. The van der Waals surface area contributed by atoms with E-state index in [2.05, 4.69) is 4.52 Å². The maximum absolute atomic E-state index is 11.4. The molecule has 0 rings (SSSR count). The maximum atomic E-state index is 11.4. The van der Waals surface area contributed by atoms with Gasteiger partial charge in [-0.15, -0.1) is 4.89 Å². The molecule has 0 radical (unpaired) electrons. The van der Waals surface area contributed by atoms with Crippen LogP contribution in [0.1, 0.15) is 0 Å². The second-order valence-corrected chi connectivity index (χ2v) is 1.52. The second kappa shape index (κ2) is 3.60. The molecule has 0 fully saturated rings. The molecule has 0 aliphatic carbocycles. The lowest BCUT2D eigenvalue weighted by molar-refractivity contribution is -0.120. The molecule has 8 heavy (non-hydrogen) atoms. The topological polar surface area (TPSA) is 63.6 Å². The Morgan fingerprint density at radius 1 is 1.88 bits per heavy atom. The van der Waals surface area contributed by atoms with Crippen LogP contribution in [0.5, 0.6) is 0 Å². The number of aldehydes is 1. The molecule has 2 unspecified atom stereocenters. The van der Waals surface area contributed by atoms with E-state index >= 15 is 0 Å². The third kappa shape index (κ3) is 3.80. The highest BCUT2D eigenvalue weighted by Crippen LogP contribution is 2.16. The Morgan fingerprint density at radius 2 is 2.38 bits per heavy atom. The first-order valence-electron chi connectivity index (χ1n) is 1.59. The lowest BCUT2D eigenvalue weighted by atomic mass is 10.8. The van der Waals surface area contributed by atoms with E-state index in [1.807, 2.05) is 0 Å². The zero-order valence-corrected chi connectivity index (χ0v) is 4.55. The molecule has 6 heteroatoms. The summed E-state index contributed by atoms with van der Waals surface area (Å²) in [7, 11) is -3.00. The molecule has 0 aromatic heterocycles. The van der Waals surface area contributed by atoms with Crippen LogP contribution in [0.4, 0.5) is 4.39 Å². The molecule has 0 aliphatic heterocycles.